The third-order valence-electron chi connectivity index (χ3n) is 4.83. The van der Waals surface area contributed by atoms with Crippen molar-refractivity contribution in [1.82, 2.24) is 4.98 Å². The second kappa shape index (κ2) is 5.56. The van der Waals surface area contributed by atoms with Gasteiger partial charge in [0.25, 0.3) is 0 Å². The highest BCUT2D eigenvalue weighted by Crippen LogP contribution is 2.46. The number of carboxylic acids is 1. The van der Waals surface area contributed by atoms with Crippen molar-refractivity contribution in [2.45, 2.75) is 25.2 Å². The van der Waals surface area contributed by atoms with Crippen molar-refractivity contribution >= 4 is 17.3 Å². The van der Waals surface area contributed by atoms with Crippen LogP contribution in [0.4, 0.5) is 0 Å². The van der Waals surface area contributed by atoms with E-state index in [1.165, 1.54) is 28.0 Å². The van der Waals surface area contributed by atoms with Crippen molar-refractivity contribution in [3.05, 3.63) is 86.9 Å². The Morgan fingerprint density at radius 3 is 2.17 bits per heavy atom. The smallest absolute Gasteiger partial charge is 0.347 e. The molecule has 1 heterocycles. The molecule has 1 N–H and O–H groups in total. The van der Waals surface area contributed by atoms with Gasteiger partial charge in [0.1, 0.15) is 9.88 Å². The van der Waals surface area contributed by atoms with Gasteiger partial charge >= 0.3 is 5.97 Å². The fourth-order valence-electron chi connectivity index (χ4n) is 3.65. The lowest BCUT2D eigenvalue weighted by Gasteiger charge is -2.27. The van der Waals surface area contributed by atoms with E-state index in [4.69, 9.17) is 0 Å². The quantitative estimate of drug-likeness (QED) is 0.779. The van der Waals surface area contributed by atoms with Gasteiger partial charge in [-0.05, 0) is 36.5 Å². The largest absolute Gasteiger partial charge is 0.477 e. The number of benzene rings is 2. The summed E-state index contributed by atoms with van der Waals surface area (Å²) < 4.78 is 0. The molecule has 4 heteroatoms. The molecule has 0 radical (unpaired) electrons. The predicted molar refractivity (Wildman–Crippen MR) is 94.9 cm³/mol. The summed E-state index contributed by atoms with van der Waals surface area (Å²) in [6, 6.07) is 18.8. The minimum Gasteiger partial charge on any atom is -0.477 e. The molecule has 1 aliphatic rings. The molecule has 2 aromatic carbocycles. The second-order valence-electron chi connectivity index (χ2n) is 6.31. The Morgan fingerprint density at radius 1 is 1.04 bits per heavy atom. The van der Waals surface area contributed by atoms with Crippen molar-refractivity contribution in [2.75, 3.05) is 0 Å². The summed E-state index contributed by atoms with van der Waals surface area (Å²) in [7, 11) is 0. The van der Waals surface area contributed by atoms with E-state index in [1.807, 2.05) is 18.2 Å². The van der Waals surface area contributed by atoms with Crippen LogP contribution in [0.15, 0.2) is 54.6 Å². The molecule has 24 heavy (non-hydrogen) atoms. The summed E-state index contributed by atoms with van der Waals surface area (Å²) >= 11 is 1.32. The zero-order valence-electron chi connectivity index (χ0n) is 13.3. The number of carboxylic acid groups (broad SMARTS) is 1. The van der Waals surface area contributed by atoms with Crippen LogP contribution in [0, 0.1) is 6.92 Å². The molecule has 0 saturated heterocycles. The number of carbonyl (C=O) groups is 1. The van der Waals surface area contributed by atoms with Gasteiger partial charge in [0, 0.05) is 0 Å². The first-order valence-corrected chi connectivity index (χ1v) is 8.75. The number of hydrogen-bond acceptors (Lipinski definition) is 3. The molecular formula is C20H17NO2S. The van der Waals surface area contributed by atoms with E-state index in [1.54, 1.807) is 6.92 Å². The topological polar surface area (TPSA) is 50.2 Å². The first kappa shape index (κ1) is 15.1. The van der Waals surface area contributed by atoms with Crippen LogP contribution >= 0.6 is 11.3 Å². The molecule has 0 aliphatic heterocycles. The maximum absolute atomic E-state index is 11.5. The number of thiazole rings is 1. The summed E-state index contributed by atoms with van der Waals surface area (Å²) in [5.74, 6) is -0.894. The van der Waals surface area contributed by atoms with E-state index in [2.05, 4.69) is 41.4 Å². The zero-order chi connectivity index (χ0) is 16.7. The monoisotopic (exact) mass is 335 g/mol. The number of rotatable bonds is 3. The number of fused-ring (bicyclic) bond motifs is 1. The van der Waals surface area contributed by atoms with Gasteiger partial charge in [-0.15, -0.1) is 11.3 Å². The van der Waals surface area contributed by atoms with Gasteiger partial charge in [-0.3, -0.25) is 0 Å². The maximum Gasteiger partial charge on any atom is 0.347 e. The Hall–Kier alpha value is -2.46. The van der Waals surface area contributed by atoms with Crippen LogP contribution in [0.2, 0.25) is 0 Å². The third kappa shape index (κ3) is 2.26. The molecule has 0 fully saturated rings. The molecule has 0 bridgehead atoms. The minimum atomic E-state index is -0.894. The zero-order valence-corrected chi connectivity index (χ0v) is 14.1. The molecule has 0 atom stereocenters. The van der Waals surface area contributed by atoms with Crippen LogP contribution in [0.25, 0.3) is 0 Å². The first-order chi connectivity index (χ1) is 11.6. The number of nitrogens with zero attached hydrogens (tertiary/aromatic N) is 1. The van der Waals surface area contributed by atoms with Crippen LogP contribution in [0.5, 0.6) is 0 Å². The van der Waals surface area contributed by atoms with E-state index in [0.29, 0.717) is 10.6 Å². The van der Waals surface area contributed by atoms with Gasteiger partial charge in [0.2, 0.25) is 0 Å². The summed E-state index contributed by atoms with van der Waals surface area (Å²) in [5.41, 5.74) is 4.19. The fraction of sp³-hybridized carbons (Fsp3) is 0.200. The van der Waals surface area contributed by atoms with Crippen LogP contribution in [0.3, 0.4) is 0 Å². The van der Waals surface area contributed by atoms with E-state index in [-0.39, 0.29) is 5.41 Å². The molecule has 3 nitrogen and oxygen atoms in total. The summed E-state index contributed by atoms with van der Waals surface area (Å²) in [6.45, 7) is 1.78. The Kier molecular flexibility index (Phi) is 3.50. The summed E-state index contributed by atoms with van der Waals surface area (Å²) in [6.07, 6.45) is 1.72. The molecule has 0 spiro atoms. The average Bonchev–Trinajstić information content (AvgIpc) is 3.17. The molecule has 120 valence electrons. The van der Waals surface area contributed by atoms with Gasteiger partial charge in [0.15, 0.2) is 0 Å². The molecule has 3 aromatic rings. The number of aromatic nitrogens is 1. The lowest BCUT2D eigenvalue weighted by atomic mass is 9.78. The molecule has 0 unspecified atom stereocenters. The van der Waals surface area contributed by atoms with Gasteiger partial charge in [-0.25, -0.2) is 9.78 Å². The van der Waals surface area contributed by atoms with Crippen molar-refractivity contribution < 1.29 is 9.90 Å². The standard InChI is InChI=1S/C20H17NO2S/c1-13-17(18(22)23)24-19(21-13)20(16-9-3-2-4-10-16)11-14-7-5-6-8-15(14)12-20/h2-10H,11-12H2,1H3,(H,22,23). The molecule has 0 amide bonds. The third-order valence-corrected chi connectivity index (χ3v) is 6.18. The molecule has 4 rings (SSSR count). The second-order valence-corrected chi connectivity index (χ2v) is 7.31. The first-order valence-electron chi connectivity index (χ1n) is 7.94. The van der Waals surface area contributed by atoms with Gasteiger partial charge in [0.05, 0.1) is 11.1 Å². The van der Waals surface area contributed by atoms with Crippen molar-refractivity contribution in [3.63, 3.8) is 0 Å². The Balaban J connectivity index is 1.91. The Morgan fingerprint density at radius 2 is 1.62 bits per heavy atom. The van der Waals surface area contributed by atoms with Crippen molar-refractivity contribution in [3.8, 4) is 0 Å². The normalized spacial score (nSPS) is 15.2. The van der Waals surface area contributed by atoms with Crippen LogP contribution in [0.1, 0.15) is 37.1 Å². The van der Waals surface area contributed by atoms with Crippen LogP contribution in [-0.2, 0) is 18.3 Å². The fourth-order valence-corrected chi connectivity index (χ4v) is 4.76. The number of aromatic carboxylic acids is 1. The number of hydrogen-bond donors (Lipinski definition) is 1. The van der Waals surface area contributed by atoms with E-state index in [9.17, 15) is 9.90 Å². The minimum absolute atomic E-state index is 0.270. The van der Waals surface area contributed by atoms with Gasteiger partial charge in [-0.2, -0.15) is 0 Å². The van der Waals surface area contributed by atoms with Gasteiger partial charge < -0.3 is 5.11 Å². The van der Waals surface area contributed by atoms with E-state index >= 15 is 0 Å². The van der Waals surface area contributed by atoms with E-state index in [0.717, 1.165) is 17.8 Å². The predicted octanol–water partition coefficient (Wildman–Crippen LogP) is 4.23. The van der Waals surface area contributed by atoms with Crippen molar-refractivity contribution in [2.24, 2.45) is 0 Å². The molecule has 1 aliphatic carbocycles. The highest BCUT2D eigenvalue weighted by atomic mass is 32.1. The number of aryl methyl sites for hydroxylation is 1. The SMILES string of the molecule is Cc1nc(C2(c3ccccc3)Cc3ccccc3C2)sc1C(=O)O. The Bertz CT molecular complexity index is 889. The van der Waals surface area contributed by atoms with Crippen LogP contribution in [-0.4, -0.2) is 16.1 Å². The lowest BCUT2D eigenvalue weighted by molar-refractivity contribution is 0.0701. The average molecular weight is 335 g/mol. The van der Waals surface area contributed by atoms with Crippen LogP contribution < -0.4 is 0 Å². The molecule has 1 aromatic heterocycles. The van der Waals surface area contributed by atoms with Gasteiger partial charge in [-0.1, -0.05) is 54.6 Å². The summed E-state index contributed by atoms with van der Waals surface area (Å²) in [5, 5.41) is 10.3. The Labute approximate surface area is 144 Å². The molecular weight excluding hydrogens is 318 g/mol. The highest BCUT2D eigenvalue weighted by molar-refractivity contribution is 7.13. The van der Waals surface area contributed by atoms with E-state index < -0.39 is 5.97 Å². The maximum atomic E-state index is 11.5. The molecule has 0 saturated carbocycles. The highest BCUT2D eigenvalue weighted by Gasteiger charge is 2.43. The summed E-state index contributed by atoms with van der Waals surface area (Å²) in [4.78, 5) is 16.5. The lowest BCUT2D eigenvalue weighted by Crippen LogP contribution is -2.28. The van der Waals surface area contributed by atoms with Crippen molar-refractivity contribution in [1.29, 1.82) is 0 Å².